The average molecular weight is 301 g/mol. The van der Waals surface area contributed by atoms with Crippen molar-refractivity contribution in [2.24, 2.45) is 5.92 Å². The Bertz CT molecular complexity index is 562. The summed E-state index contributed by atoms with van der Waals surface area (Å²) >= 11 is 0. The summed E-state index contributed by atoms with van der Waals surface area (Å²) in [6, 6.07) is 10.4. The standard InChI is InChI=1S/C17H23N3O2/c21-13-15-8-10-20(11-9-15)12-17-18-16(19-22-17)7-6-14-4-2-1-3-5-14/h1-5,15,21H,6-13H2. The zero-order valence-electron chi connectivity index (χ0n) is 12.8. The third kappa shape index (κ3) is 4.15. The lowest BCUT2D eigenvalue weighted by molar-refractivity contribution is 0.119. The van der Waals surface area contributed by atoms with E-state index in [2.05, 4.69) is 27.2 Å². The Morgan fingerprint density at radius 3 is 2.64 bits per heavy atom. The number of aryl methyl sites for hydroxylation is 2. The molecule has 0 unspecified atom stereocenters. The highest BCUT2D eigenvalue weighted by atomic mass is 16.5. The molecule has 0 aliphatic carbocycles. The largest absolute Gasteiger partial charge is 0.396 e. The highest BCUT2D eigenvalue weighted by Crippen LogP contribution is 2.18. The number of benzene rings is 1. The van der Waals surface area contributed by atoms with Crippen molar-refractivity contribution in [2.45, 2.75) is 32.2 Å². The topological polar surface area (TPSA) is 62.4 Å². The van der Waals surface area contributed by atoms with Crippen LogP contribution in [0.15, 0.2) is 34.9 Å². The zero-order chi connectivity index (χ0) is 15.2. The van der Waals surface area contributed by atoms with E-state index in [0.717, 1.165) is 51.1 Å². The molecule has 0 saturated carbocycles. The minimum Gasteiger partial charge on any atom is -0.396 e. The molecule has 22 heavy (non-hydrogen) atoms. The Hall–Kier alpha value is -1.72. The van der Waals surface area contributed by atoms with E-state index in [1.54, 1.807) is 0 Å². The molecule has 0 spiro atoms. The van der Waals surface area contributed by atoms with Crippen LogP contribution < -0.4 is 0 Å². The van der Waals surface area contributed by atoms with Crippen LogP contribution in [-0.2, 0) is 19.4 Å². The summed E-state index contributed by atoms with van der Waals surface area (Å²) in [5.74, 6) is 1.94. The number of rotatable bonds is 6. The summed E-state index contributed by atoms with van der Waals surface area (Å²) in [7, 11) is 0. The maximum atomic E-state index is 9.16. The summed E-state index contributed by atoms with van der Waals surface area (Å²) in [5.41, 5.74) is 1.29. The number of hydrogen-bond acceptors (Lipinski definition) is 5. The normalized spacial score (nSPS) is 17.0. The molecule has 0 amide bonds. The Balaban J connectivity index is 1.47. The Morgan fingerprint density at radius 2 is 1.91 bits per heavy atom. The third-order valence-corrected chi connectivity index (χ3v) is 4.31. The van der Waals surface area contributed by atoms with Gasteiger partial charge in [0.05, 0.1) is 6.54 Å². The second-order valence-electron chi connectivity index (χ2n) is 5.99. The van der Waals surface area contributed by atoms with Gasteiger partial charge >= 0.3 is 0 Å². The lowest BCUT2D eigenvalue weighted by atomic mass is 9.98. The van der Waals surface area contributed by atoms with Gasteiger partial charge in [0.2, 0.25) is 5.89 Å². The fourth-order valence-corrected chi connectivity index (χ4v) is 2.88. The highest BCUT2D eigenvalue weighted by Gasteiger charge is 2.20. The molecule has 3 rings (SSSR count). The van der Waals surface area contributed by atoms with Crippen molar-refractivity contribution in [3.05, 3.63) is 47.6 Å². The van der Waals surface area contributed by atoms with Gasteiger partial charge < -0.3 is 9.63 Å². The first-order valence-corrected chi connectivity index (χ1v) is 8.02. The van der Waals surface area contributed by atoms with Gasteiger partial charge in [-0.1, -0.05) is 35.5 Å². The molecule has 1 N–H and O–H groups in total. The van der Waals surface area contributed by atoms with E-state index in [-0.39, 0.29) is 0 Å². The molecule has 1 saturated heterocycles. The zero-order valence-corrected chi connectivity index (χ0v) is 12.8. The first-order valence-electron chi connectivity index (χ1n) is 8.02. The summed E-state index contributed by atoms with van der Waals surface area (Å²) in [6.07, 6.45) is 3.83. The SMILES string of the molecule is OCC1CCN(Cc2nc(CCc3ccccc3)no2)CC1. The molecule has 1 aliphatic heterocycles. The van der Waals surface area contributed by atoms with E-state index in [1.165, 1.54) is 5.56 Å². The van der Waals surface area contributed by atoms with Crippen LogP contribution in [0.3, 0.4) is 0 Å². The van der Waals surface area contributed by atoms with Crippen LogP contribution in [0.25, 0.3) is 0 Å². The average Bonchev–Trinajstić information content (AvgIpc) is 3.02. The van der Waals surface area contributed by atoms with Crippen LogP contribution in [0.5, 0.6) is 0 Å². The quantitative estimate of drug-likeness (QED) is 0.885. The van der Waals surface area contributed by atoms with Crippen LogP contribution in [0.4, 0.5) is 0 Å². The summed E-state index contributed by atoms with van der Waals surface area (Å²) < 4.78 is 5.36. The van der Waals surface area contributed by atoms with Crippen molar-refractivity contribution in [1.82, 2.24) is 15.0 Å². The van der Waals surface area contributed by atoms with Crippen LogP contribution in [0, 0.1) is 5.92 Å². The molecule has 1 aromatic carbocycles. The molecule has 1 aromatic heterocycles. The number of aliphatic hydroxyl groups excluding tert-OH is 1. The van der Waals surface area contributed by atoms with Gasteiger partial charge in [-0.05, 0) is 43.8 Å². The predicted molar refractivity (Wildman–Crippen MR) is 83.2 cm³/mol. The van der Waals surface area contributed by atoms with E-state index in [0.29, 0.717) is 18.4 Å². The molecule has 2 aromatic rings. The third-order valence-electron chi connectivity index (χ3n) is 4.31. The van der Waals surface area contributed by atoms with Gasteiger partial charge in [0.15, 0.2) is 5.82 Å². The van der Waals surface area contributed by atoms with Crippen molar-refractivity contribution >= 4 is 0 Å². The molecular weight excluding hydrogens is 278 g/mol. The summed E-state index contributed by atoms with van der Waals surface area (Å²) in [5, 5.41) is 13.2. The molecule has 1 fully saturated rings. The van der Waals surface area contributed by atoms with E-state index in [1.807, 2.05) is 18.2 Å². The molecule has 2 heterocycles. The molecule has 0 atom stereocenters. The van der Waals surface area contributed by atoms with Crippen molar-refractivity contribution in [3.8, 4) is 0 Å². The Labute approximate surface area is 131 Å². The van der Waals surface area contributed by atoms with Gasteiger partial charge in [0.25, 0.3) is 0 Å². The number of aliphatic hydroxyl groups is 1. The van der Waals surface area contributed by atoms with Crippen molar-refractivity contribution < 1.29 is 9.63 Å². The van der Waals surface area contributed by atoms with Gasteiger partial charge in [-0.25, -0.2) is 0 Å². The number of piperidine rings is 1. The second-order valence-corrected chi connectivity index (χ2v) is 5.99. The fourth-order valence-electron chi connectivity index (χ4n) is 2.88. The minimum absolute atomic E-state index is 0.304. The smallest absolute Gasteiger partial charge is 0.240 e. The maximum Gasteiger partial charge on any atom is 0.240 e. The van der Waals surface area contributed by atoms with E-state index < -0.39 is 0 Å². The van der Waals surface area contributed by atoms with Crippen LogP contribution in [0.1, 0.15) is 30.1 Å². The lowest BCUT2D eigenvalue weighted by Crippen LogP contribution is -2.34. The molecule has 0 bridgehead atoms. The van der Waals surface area contributed by atoms with E-state index in [4.69, 9.17) is 9.63 Å². The second kappa shape index (κ2) is 7.51. The van der Waals surface area contributed by atoms with Crippen molar-refractivity contribution in [1.29, 1.82) is 0 Å². The Kier molecular flexibility index (Phi) is 5.19. The maximum absolute atomic E-state index is 9.16. The minimum atomic E-state index is 0.304. The van der Waals surface area contributed by atoms with Crippen LogP contribution >= 0.6 is 0 Å². The number of nitrogens with zero attached hydrogens (tertiary/aromatic N) is 3. The van der Waals surface area contributed by atoms with Crippen LogP contribution in [0.2, 0.25) is 0 Å². The lowest BCUT2D eigenvalue weighted by Gasteiger charge is -2.29. The first kappa shape index (κ1) is 15.2. The number of likely N-dealkylation sites (tertiary alicyclic amines) is 1. The van der Waals surface area contributed by atoms with Crippen LogP contribution in [-0.4, -0.2) is 39.8 Å². The molecule has 5 nitrogen and oxygen atoms in total. The fraction of sp³-hybridized carbons (Fsp3) is 0.529. The van der Waals surface area contributed by atoms with Gasteiger partial charge in [0.1, 0.15) is 0 Å². The molecule has 0 radical (unpaired) electrons. The molecular formula is C17H23N3O2. The predicted octanol–water partition coefficient (Wildman–Crippen LogP) is 2.06. The van der Waals surface area contributed by atoms with Crippen molar-refractivity contribution in [2.75, 3.05) is 19.7 Å². The van der Waals surface area contributed by atoms with Gasteiger partial charge in [-0.2, -0.15) is 4.98 Å². The highest BCUT2D eigenvalue weighted by molar-refractivity contribution is 5.15. The van der Waals surface area contributed by atoms with Crippen molar-refractivity contribution in [3.63, 3.8) is 0 Å². The van der Waals surface area contributed by atoms with Gasteiger partial charge in [-0.15, -0.1) is 0 Å². The van der Waals surface area contributed by atoms with Gasteiger partial charge in [0, 0.05) is 13.0 Å². The molecule has 5 heteroatoms. The number of aromatic nitrogens is 2. The first-order chi connectivity index (χ1) is 10.8. The summed E-state index contributed by atoms with van der Waals surface area (Å²) in [4.78, 5) is 6.81. The monoisotopic (exact) mass is 301 g/mol. The van der Waals surface area contributed by atoms with E-state index in [9.17, 15) is 0 Å². The van der Waals surface area contributed by atoms with Gasteiger partial charge in [-0.3, -0.25) is 4.90 Å². The number of hydrogen-bond donors (Lipinski definition) is 1. The molecule has 1 aliphatic rings. The summed E-state index contributed by atoms with van der Waals surface area (Å²) in [6.45, 7) is 3.01. The molecule has 118 valence electrons. The Morgan fingerprint density at radius 1 is 1.14 bits per heavy atom. The van der Waals surface area contributed by atoms with E-state index >= 15 is 0 Å².